The van der Waals surface area contributed by atoms with Crippen molar-refractivity contribution in [1.82, 2.24) is 9.91 Å². The van der Waals surface area contributed by atoms with Crippen molar-refractivity contribution in [1.29, 1.82) is 0 Å². The van der Waals surface area contributed by atoms with Crippen LogP contribution in [0.3, 0.4) is 0 Å². The molecule has 0 bridgehead atoms. The molecule has 1 heterocycles. The van der Waals surface area contributed by atoms with Crippen LogP contribution in [0.2, 0.25) is 0 Å². The van der Waals surface area contributed by atoms with Crippen LogP contribution in [0, 0.1) is 0 Å². The normalized spacial score (nSPS) is 17.2. The van der Waals surface area contributed by atoms with Gasteiger partial charge >= 0.3 is 5.97 Å². The minimum absolute atomic E-state index is 0.153. The Morgan fingerprint density at radius 3 is 2.56 bits per heavy atom. The highest BCUT2D eigenvalue weighted by molar-refractivity contribution is 6.39. The van der Waals surface area contributed by atoms with Crippen molar-refractivity contribution in [3.63, 3.8) is 0 Å². The Morgan fingerprint density at radius 1 is 1.50 bits per heavy atom. The molecule has 100 valence electrons. The summed E-state index contributed by atoms with van der Waals surface area (Å²) in [6, 6.07) is -0.872. The summed E-state index contributed by atoms with van der Waals surface area (Å²) in [5.41, 5.74) is 0.222. The van der Waals surface area contributed by atoms with E-state index in [0.29, 0.717) is 6.42 Å². The SMILES string of the molecule is CCC(C(=O)O)N(C)C(=O)C1=NN(C)C(=O)CC1. The van der Waals surface area contributed by atoms with Crippen LogP contribution >= 0.6 is 0 Å². The molecule has 2 amide bonds. The summed E-state index contributed by atoms with van der Waals surface area (Å²) < 4.78 is 0. The molecule has 0 aromatic carbocycles. The molecule has 0 aromatic heterocycles. The van der Waals surface area contributed by atoms with Gasteiger partial charge in [0, 0.05) is 26.9 Å². The van der Waals surface area contributed by atoms with E-state index in [1.807, 2.05) is 0 Å². The summed E-state index contributed by atoms with van der Waals surface area (Å²) >= 11 is 0. The van der Waals surface area contributed by atoms with Gasteiger partial charge in [0.15, 0.2) is 0 Å². The fourth-order valence-corrected chi connectivity index (χ4v) is 1.78. The molecule has 1 unspecified atom stereocenters. The van der Waals surface area contributed by atoms with Crippen LogP contribution in [0.25, 0.3) is 0 Å². The van der Waals surface area contributed by atoms with Gasteiger partial charge in [0.05, 0.1) is 0 Å². The maximum atomic E-state index is 12.0. The highest BCUT2D eigenvalue weighted by atomic mass is 16.4. The van der Waals surface area contributed by atoms with Gasteiger partial charge in [0.2, 0.25) is 5.91 Å². The van der Waals surface area contributed by atoms with Crippen molar-refractivity contribution in [2.75, 3.05) is 14.1 Å². The van der Waals surface area contributed by atoms with Crippen LogP contribution in [0.5, 0.6) is 0 Å². The van der Waals surface area contributed by atoms with Gasteiger partial charge in [-0.1, -0.05) is 6.92 Å². The summed E-state index contributed by atoms with van der Waals surface area (Å²) in [7, 11) is 2.91. The van der Waals surface area contributed by atoms with Gasteiger partial charge in [-0.3, -0.25) is 9.59 Å². The summed E-state index contributed by atoms with van der Waals surface area (Å²) in [5.74, 6) is -1.64. The summed E-state index contributed by atoms with van der Waals surface area (Å²) in [6.07, 6.45) is 0.792. The van der Waals surface area contributed by atoms with E-state index in [0.717, 1.165) is 9.91 Å². The molecule has 0 radical (unpaired) electrons. The van der Waals surface area contributed by atoms with Gasteiger partial charge < -0.3 is 10.0 Å². The molecule has 1 aliphatic rings. The quantitative estimate of drug-likeness (QED) is 0.760. The first kappa shape index (κ1) is 14.1. The molecule has 1 N–H and O–H groups in total. The van der Waals surface area contributed by atoms with E-state index in [-0.39, 0.29) is 24.5 Å². The predicted molar refractivity (Wildman–Crippen MR) is 63.9 cm³/mol. The molecule has 0 fully saturated rings. The number of hydrogen-bond donors (Lipinski definition) is 1. The molecule has 7 heteroatoms. The van der Waals surface area contributed by atoms with Crippen molar-refractivity contribution in [3.8, 4) is 0 Å². The number of nitrogens with zero attached hydrogens (tertiary/aromatic N) is 3. The topological polar surface area (TPSA) is 90.3 Å². The molecular weight excluding hydrogens is 238 g/mol. The molecule has 1 atom stereocenters. The minimum Gasteiger partial charge on any atom is -0.480 e. The van der Waals surface area contributed by atoms with Gasteiger partial charge in [-0.25, -0.2) is 9.80 Å². The number of aliphatic carboxylic acids is 1. The largest absolute Gasteiger partial charge is 0.480 e. The van der Waals surface area contributed by atoms with E-state index in [2.05, 4.69) is 5.10 Å². The van der Waals surface area contributed by atoms with E-state index < -0.39 is 17.9 Å². The molecule has 0 aromatic rings. The zero-order valence-corrected chi connectivity index (χ0v) is 10.7. The lowest BCUT2D eigenvalue weighted by molar-refractivity contribution is -0.147. The van der Waals surface area contributed by atoms with Gasteiger partial charge in [0.1, 0.15) is 11.8 Å². The second kappa shape index (κ2) is 5.61. The van der Waals surface area contributed by atoms with E-state index in [1.54, 1.807) is 6.92 Å². The van der Waals surface area contributed by atoms with Crippen molar-refractivity contribution in [2.45, 2.75) is 32.2 Å². The number of hydrazone groups is 1. The number of carboxylic acids is 1. The smallest absolute Gasteiger partial charge is 0.326 e. The monoisotopic (exact) mass is 255 g/mol. The highest BCUT2D eigenvalue weighted by Crippen LogP contribution is 2.11. The summed E-state index contributed by atoms with van der Waals surface area (Å²) in [6.45, 7) is 1.70. The van der Waals surface area contributed by atoms with E-state index in [9.17, 15) is 14.4 Å². The van der Waals surface area contributed by atoms with Crippen LogP contribution in [0.4, 0.5) is 0 Å². The third-order valence-corrected chi connectivity index (χ3v) is 2.91. The number of amides is 2. The third-order valence-electron chi connectivity index (χ3n) is 2.91. The number of carbonyl (C=O) groups is 3. The molecule has 0 saturated heterocycles. The zero-order valence-electron chi connectivity index (χ0n) is 10.7. The Balaban J connectivity index is 2.84. The predicted octanol–water partition coefficient (Wildman–Crippen LogP) is -0.0838. The number of likely N-dealkylation sites (N-methyl/N-ethyl adjacent to an activating group) is 1. The average molecular weight is 255 g/mol. The lowest BCUT2D eigenvalue weighted by atomic mass is 10.1. The fraction of sp³-hybridized carbons (Fsp3) is 0.636. The standard InChI is InChI=1S/C11H17N3O4/c1-4-8(11(17)18)13(2)10(16)7-5-6-9(15)14(3)12-7/h8H,4-6H2,1-3H3,(H,17,18). The number of carboxylic acid groups (broad SMARTS) is 1. The first-order valence-corrected chi connectivity index (χ1v) is 5.72. The fourth-order valence-electron chi connectivity index (χ4n) is 1.78. The Labute approximate surface area is 105 Å². The van der Waals surface area contributed by atoms with E-state index >= 15 is 0 Å². The average Bonchev–Trinajstić information content (AvgIpc) is 2.32. The molecule has 18 heavy (non-hydrogen) atoms. The van der Waals surface area contributed by atoms with Gasteiger partial charge in [-0.15, -0.1) is 0 Å². The Morgan fingerprint density at radius 2 is 2.11 bits per heavy atom. The highest BCUT2D eigenvalue weighted by Gasteiger charge is 2.30. The minimum atomic E-state index is -1.05. The van der Waals surface area contributed by atoms with Gasteiger partial charge in [-0.2, -0.15) is 5.10 Å². The summed E-state index contributed by atoms with van der Waals surface area (Å²) in [4.78, 5) is 35.4. The maximum Gasteiger partial charge on any atom is 0.326 e. The van der Waals surface area contributed by atoms with Crippen LogP contribution in [-0.2, 0) is 14.4 Å². The lowest BCUT2D eigenvalue weighted by Crippen LogP contribution is -2.46. The zero-order chi connectivity index (χ0) is 13.9. The number of carbonyl (C=O) groups excluding carboxylic acids is 2. The Bertz CT molecular complexity index is 405. The van der Waals surface area contributed by atoms with Crippen LogP contribution < -0.4 is 0 Å². The molecule has 0 aliphatic carbocycles. The first-order chi connectivity index (χ1) is 8.38. The first-order valence-electron chi connectivity index (χ1n) is 5.72. The van der Waals surface area contributed by atoms with Crippen molar-refractivity contribution >= 4 is 23.5 Å². The van der Waals surface area contributed by atoms with E-state index in [1.165, 1.54) is 14.1 Å². The van der Waals surface area contributed by atoms with Crippen LogP contribution in [-0.4, -0.2) is 58.6 Å². The maximum absolute atomic E-state index is 12.0. The van der Waals surface area contributed by atoms with Crippen LogP contribution in [0.15, 0.2) is 5.10 Å². The molecule has 0 saturated carbocycles. The van der Waals surface area contributed by atoms with Gasteiger partial charge in [0.25, 0.3) is 5.91 Å². The van der Waals surface area contributed by atoms with E-state index in [4.69, 9.17) is 5.11 Å². The van der Waals surface area contributed by atoms with Crippen molar-refractivity contribution in [3.05, 3.63) is 0 Å². The summed E-state index contributed by atoms with van der Waals surface area (Å²) in [5, 5.41) is 14.0. The number of hydrogen-bond acceptors (Lipinski definition) is 4. The van der Waals surface area contributed by atoms with Gasteiger partial charge in [-0.05, 0) is 6.42 Å². The second-order valence-electron chi connectivity index (χ2n) is 4.14. The Hall–Kier alpha value is -1.92. The molecule has 1 rings (SSSR count). The Kier molecular flexibility index (Phi) is 4.41. The van der Waals surface area contributed by atoms with Crippen LogP contribution in [0.1, 0.15) is 26.2 Å². The second-order valence-corrected chi connectivity index (χ2v) is 4.14. The molecule has 1 aliphatic heterocycles. The van der Waals surface area contributed by atoms with Crippen molar-refractivity contribution < 1.29 is 19.5 Å². The number of rotatable bonds is 4. The van der Waals surface area contributed by atoms with Crippen molar-refractivity contribution in [2.24, 2.45) is 5.10 Å². The third kappa shape index (κ3) is 2.85. The molecule has 7 nitrogen and oxygen atoms in total. The lowest BCUT2D eigenvalue weighted by Gasteiger charge is -2.26. The molecular formula is C11H17N3O4. The molecule has 0 spiro atoms.